The second kappa shape index (κ2) is 3.82. The van der Waals surface area contributed by atoms with Crippen LogP contribution in [0.2, 0.25) is 0 Å². The number of ether oxygens (including phenoxy) is 1. The minimum Gasteiger partial charge on any atom is -0.394 e. The Bertz CT molecular complexity index is 204. The smallest absolute Gasteiger partial charge is 0.0813 e. The molecule has 4 atom stereocenters. The van der Waals surface area contributed by atoms with Crippen LogP contribution < -0.4 is 0 Å². The highest BCUT2D eigenvalue weighted by Crippen LogP contribution is 2.53. The van der Waals surface area contributed by atoms with Crippen molar-refractivity contribution in [3.05, 3.63) is 0 Å². The molecule has 1 aliphatic heterocycles. The van der Waals surface area contributed by atoms with Crippen LogP contribution in [0.25, 0.3) is 0 Å². The molecule has 0 amide bonds. The lowest BCUT2D eigenvalue weighted by Gasteiger charge is -2.41. The molecule has 2 fully saturated rings. The van der Waals surface area contributed by atoms with Gasteiger partial charge in [-0.15, -0.1) is 0 Å². The molecular formula is C12H22O2. The number of hydrogen-bond donors (Lipinski definition) is 1. The normalized spacial score (nSPS) is 47.8. The van der Waals surface area contributed by atoms with Gasteiger partial charge in [0.25, 0.3) is 0 Å². The van der Waals surface area contributed by atoms with Crippen molar-refractivity contribution in [2.24, 2.45) is 11.8 Å². The highest BCUT2D eigenvalue weighted by Gasteiger charge is 2.52. The first-order valence-electron chi connectivity index (χ1n) is 6.00. The molecule has 1 aliphatic carbocycles. The molecule has 4 unspecified atom stereocenters. The monoisotopic (exact) mass is 198 g/mol. The summed E-state index contributed by atoms with van der Waals surface area (Å²) in [5, 5.41) is 9.16. The van der Waals surface area contributed by atoms with E-state index in [2.05, 4.69) is 13.8 Å². The Balaban J connectivity index is 2.03. The molecule has 0 aromatic heterocycles. The molecule has 82 valence electrons. The maximum Gasteiger partial charge on any atom is 0.0813 e. The van der Waals surface area contributed by atoms with Crippen molar-refractivity contribution < 1.29 is 9.84 Å². The van der Waals surface area contributed by atoms with Gasteiger partial charge in [0.05, 0.1) is 18.3 Å². The summed E-state index contributed by atoms with van der Waals surface area (Å²) in [6.45, 7) is 4.74. The van der Waals surface area contributed by atoms with Gasteiger partial charge in [-0.05, 0) is 43.9 Å². The van der Waals surface area contributed by atoms with Gasteiger partial charge in [-0.3, -0.25) is 0 Å². The highest BCUT2D eigenvalue weighted by molar-refractivity contribution is 5.01. The lowest BCUT2D eigenvalue weighted by Crippen LogP contribution is -2.43. The van der Waals surface area contributed by atoms with Crippen LogP contribution >= 0.6 is 0 Å². The zero-order valence-electron chi connectivity index (χ0n) is 9.33. The molecule has 2 nitrogen and oxygen atoms in total. The van der Waals surface area contributed by atoms with Crippen molar-refractivity contribution in [2.45, 2.75) is 57.7 Å². The van der Waals surface area contributed by atoms with E-state index in [0.29, 0.717) is 0 Å². The van der Waals surface area contributed by atoms with Gasteiger partial charge >= 0.3 is 0 Å². The van der Waals surface area contributed by atoms with Crippen molar-refractivity contribution >= 4 is 0 Å². The Kier molecular flexibility index (Phi) is 2.85. The molecule has 14 heavy (non-hydrogen) atoms. The second-order valence-electron chi connectivity index (χ2n) is 5.05. The van der Waals surface area contributed by atoms with E-state index in [-0.39, 0.29) is 18.3 Å². The van der Waals surface area contributed by atoms with Gasteiger partial charge in [0, 0.05) is 0 Å². The SMILES string of the molecule is CCC1(C2CC2C)CCCC(CO)O1. The van der Waals surface area contributed by atoms with Crippen LogP contribution in [-0.2, 0) is 4.74 Å². The molecule has 1 saturated carbocycles. The highest BCUT2D eigenvalue weighted by atomic mass is 16.5. The average Bonchev–Trinajstić information content (AvgIpc) is 2.96. The van der Waals surface area contributed by atoms with Crippen LogP contribution in [0.4, 0.5) is 0 Å². The predicted molar refractivity (Wildman–Crippen MR) is 56.1 cm³/mol. The number of rotatable bonds is 3. The number of hydrogen-bond acceptors (Lipinski definition) is 2. The first-order chi connectivity index (χ1) is 6.72. The standard InChI is InChI=1S/C12H22O2/c1-3-12(11-7-9(11)2)6-4-5-10(8-13)14-12/h9-11,13H,3-8H2,1-2H3. The molecule has 0 bridgehead atoms. The molecule has 2 aliphatic rings. The van der Waals surface area contributed by atoms with E-state index in [0.717, 1.165) is 24.7 Å². The van der Waals surface area contributed by atoms with Gasteiger partial charge in [0.2, 0.25) is 0 Å². The number of aliphatic hydroxyl groups excluding tert-OH is 1. The molecule has 0 spiro atoms. The predicted octanol–water partition coefficient (Wildman–Crippen LogP) is 2.35. The first kappa shape index (κ1) is 10.4. The fourth-order valence-electron chi connectivity index (χ4n) is 3.06. The Morgan fingerprint density at radius 3 is 2.71 bits per heavy atom. The fraction of sp³-hybridized carbons (Fsp3) is 1.00. The Labute approximate surface area is 86.6 Å². The summed E-state index contributed by atoms with van der Waals surface area (Å²) >= 11 is 0. The third-order valence-electron chi connectivity index (χ3n) is 4.11. The molecule has 1 saturated heterocycles. The van der Waals surface area contributed by atoms with Crippen molar-refractivity contribution in [3.63, 3.8) is 0 Å². The maximum atomic E-state index is 9.16. The molecule has 1 heterocycles. The van der Waals surface area contributed by atoms with Crippen LogP contribution in [-0.4, -0.2) is 23.4 Å². The maximum absolute atomic E-state index is 9.16. The van der Waals surface area contributed by atoms with Crippen molar-refractivity contribution in [1.29, 1.82) is 0 Å². The van der Waals surface area contributed by atoms with Crippen molar-refractivity contribution in [3.8, 4) is 0 Å². The van der Waals surface area contributed by atoms with E-state index < -0.39 is 0 Å². The minimum atomic E-state index is 0.108. The quantitative estimate of drug-likeness (QED) is 0.754. The zero-order valence-corrected chi connectivity index (χ0v) is 9.33. The Morgan fingerprint density at radius 1 is 1.50 bits per heavy atom. The fourth-order valence-corrected chi connectivity index (χ4v) is 3.06. The van der Waals surface area contributed by atoms with E-state index in [1.54, 1.807) is 0 Å². The molecule has 0 aromatic rings. The lowest BCUT2D eigenvalue weighted by molar-refractivity contribution is -0.157. The molecule has 0 aromatic carbocycles. The minimum absolute atomic E-state index is 0.108. The first-order valence-corrected chi connectivity index (χ1v) is 6.00. The Hall–Kier alpha value is -0.0800. The van der Waals surface area contributed by atoms with E-state index in [9.17, 15) is 0 Å². The molecule has 2 heteroatoms. The lowest BCUT2D eigenvalue weighted by atomic mass is 9.84. The van der Waals surface area contributed by atoms with E-state index in [1.165, 1.54) is 19.3 Å². The van der Waals surface area contributed by atoms with Crippen LogP contribution in [0.15, 0.2) is 0 Å². The third-order valence-corrected chi connectivity index (χ3v) is 4.11. The summed E-state index contributed by atoms with van der Waals surface area (Å²) in [7, 11) is 0. The van der Waals surface area contributed by atoms with Gasteiger partial charge < -0.3 is 9.84 Å². The van der Waals surface area contributed by atoms with Gasteiger partial charge in [0.1, 0.15) is 0 Å². The largest absolute Gasteiger partial charge is 0.394 e. The van der Waals surface area contributed by atoms with Gasteiger partial charge in [-0.2, -0.15) is 0 Å². The van der Waals surface area contributed by atoms with Crippen LogP contribution in [0.3, 0.4) is 0 Å². The zero-order chi connectivity index (χ0) is 10.2. The molecule has 0 radical (unpaired) electrons. The van der Waals surface area contributed by atoms with Gasteiger partial charge in [-0.1, -0.05) is 13.8 Å². The summed E-state index contributed by atoms with van der Waals surface area (Å²) in [5.41, 5.74) is 0.116. The summed E-state index contributed by atoms with van der Waals surface area (Å²) < 4.78 is 6.12. The Morgan fingerprint density at radius 2 is 2.21 bits per heavy atom. The van der Waals surface area contributed by atoms with Gasteiger partial charge in [-0.25, -0.2) is 0 Å². The van der Waals surface area contributed by atoms with Gasteiger partial charge in [0.15, 0.2) is 0 Å². The molecule has 1 N–H and O–H groups in total. The molecular weight excluding hydrogens is 176 g/mol. The van der Waals surface area contributed by atoms with Crippen LogP contribution in [0, 0.1) is 11.8 Å². The topological polar surface area (TPSA) is 29.5 Å². The van der Waals surface area contributed by atoms with Crippen LogP contribution in [0.1, 0.15) is 46.0 Å². The van der Waals surface area contributed by atoms with Crippen molar-refractivity contribution in [1.82, 2.24) is 0 Å². The number of aliphatic hydroxyl groups is 1. The third kappa shape index (κ3) is 1.70. The summed E-state index contributed by atoms with van der Waals surface area (Å²) in [6, 6.07) is 0. The summed E-state index contributed by atoms with van der Waals surface area (Å²) in [4.78, 5) is 0. The van der Waals surface area contributed by atoms with Crippen LogP contribution in [0.5, 0.6) is 0 Å². The van der Waals surface area contributed by atoms with Crippen molar-refractivity contribution in [2.75, 3.05) is 6.61 Å². The molecule has 2 rings (SSSR count). The second-order valence-corrected chi connectivity index (χ2v) is 5.05. The van der Waals surface area contributed by atoms with E-state index in [4.69, 9.17) is 9.84 Å². The van der Waals surface area contributed by atoms with E-state index in [1.807, 2.05) is 0 Å². The summed E-state index contributed by atoms with van der Waals surface area (Å²) in [5.74, 6) is 1.61. The average molecular weight is 198 g/mol. The summed E-state index contributed by atoms with van der Waals surface area (Å²) in [6.07, 6.45) is 6.01. The van der Waals surface area contributed by atoms with E-state index >= 15 is 0 Å².